The largest absolute Gasteiger partial charge is 0.393 e. The van der Waals surface area contributed by atoms with Crippen molar-refractivity contribution >= 4 is 11.8 Å². The van der Waals surface area contributed by atoms with Gasteiger partial charge in [-0.15, -0.1) is 0 Å². The summed E-state index contributed by atoms with van der Waals surface area (Å²) in [5.74, 6) is 0.972. The smallest absolute Gasteiger partial charge is 0.222 e. The van der Waals surface area contributed by atoms with Crippen LogP contribution in [0.4, 0.5) is 11.8 Å². The summed E-state index contributed by atoms with van der Waals surface area (Å²) >= 11 is 0. The van der Waals surface area contributed by atoms with Gasteiger partial charge in [-0.25, -0.2) is 4.98 Å². The van der Waals surface area contributed by atoms with Crippen molar-refractivity contribution in [3.05, 3.63) is 11.8 Å². The average Bonchev–Trinajstić information content (AvgIpc) is 2.01. The molecule has 0 bridgehead atoms. The zero-order valence-corrected chi connectivity index (χ0v) is 8.49. The highest BCUT2D eigenvalue weighted by molar-refractivity contribution is 5.39. The third-order valence-corrected chi connectivity index (χ3v) is 1.74. The Bertz CT molecular complexity index is 281. The Morgan fingerprint density at radius 2 is 2.29 bits per heavy atom. The molecule has 0 aromatic carbocycles. The fourth-order valence-corrected chi connectivity index (χ4v) is 1.09. The Hall–Kier alpha value is -1.36. The number of aliphatic hydroxyl groups is 1. The molecular formula is C9H16N4O. The SMILES string of the molecule is Cc1cc(NCC[C@@H](C)O)nc(N)n1. The van der Waals surface area contributed by atoms with E-state index < -0.39 is 0 Å². The first-order valence-corrected chi connectivity index (χ1v) is 4.61. The van der Waals surface area contributed by atoms with Crippen molar-refractivity contribution in [1.82, 2.24) is 9.97 Å². The molecule has 4 N–H and O–H groups in total. The molecule has 5 nitrogen and oxygen atoms in total. The topological polar surface area (TPSA) is 84.1 Å². The van der Waals surface area contributed by atoms with E-state index >= 15 is 0 Å². The van der Waals surface area contributed by atoms with E-state index in [9.17, 15) is 0 Å². The number of nitrogen functional groups attached to an aromatic ring is 1. The van der Waals surface area contributed by atoms with Gasteiger partial charge in [0.25, 0.3) is 0 Å². The molecule has 0 saturated heterocycles. The molecule has 14 heavy (non-hydrogen) atoms. The number of rotatable bonds is 4. The lowest BCUT2D eigenvalue weighted by atomic mass is 10.3. The molecule has 1 atom stereocenters. The molecule has 78 valence electrons. The van der Waals surface area contributed by atoms with Gasteiger partial charge in [0, 0.05) is 18.3 Å². The third-order valence-electron chi connectivity index (χ3n) is 1.74. The number of aromatic nitrogens is 2. The highest BCUT2D eigenvalue weighted by Crippen LogP contribution is 2.07. The minimum Gasteiger partial charge on any atom is -0.393 e. The van der Waals surface area contributed by atoms with Gasteiger partial charge in [0.15, 0.2) is 0 Å². The molecule has 0 unspecified atom stereocenters. The van der Waals surface area contributed by atoms with Crippen molar-refractivity contribution in [1.29, 1.82) is 0 Å². The standard InChI is InChI=1S/C9H16N4O/c1-6-5-8(13-9(10)12-6)11-4-3-7(2)14/h5,7,14H,3-4H2,1-2H3,(H3,10,11,12,13)/t7-/m1/s1. The molecule has 1 heterocycles. The van der Waals surface area contributed by atoms with Crippen molar-refractivity contribution in [3.8, 4) is 0 Å². The predicted molar refractivity (Wildman–Crippen MR) is 56.0 cm³/mol. The predicted octanol–water partition coefficient (Wildman–Crippen LogP) is 0.550. The van der Waals surface area contributed by atoms with Crippen molar-refractivity contribution < 1.29 is 5.11 Å². The van der Waals surface area contributed by atoms with Crippen LogP contribution in [0.25, 0.3) is 0 Å². The number of anilines is 2. The Morgan fingerprint density at radius 1 is 1.57 bits per heavy atom. The van der Waals surface area contributed by atoms with Gasteiger partial charge in [-0.1, -0.05) is 0 Å². The van der Waals surface area contributed by atoms with Gasteiger partial charge in [0.05, 0.1) is 6.10 Å². The normalized spacial score (nSPS) is 12.5. The number of nitrogens with two attached hydrogens (primary N) is 1. The highest BCUT2D eigenvalue weighted by atomic mass is 16.3. The lowest BCUT2D eigenvalue weighted by molar-refractivity contribution is 0.188. The molecule has 0 aliphatic carbocycles. The van der Waals surface area contributed by atoms with E-state index in [2.05, 4.69) is 15.3 Å². The summed E-state index contributed by atoms with van der Waals surface area (Å²) in [7, 11) is 0. The second-order valence-electron chi connectivity index (χ2n) is 3.32. The number of nitrogens with zero attached hydrogens (tertiary/aromatic N) is 2. The van der Waals surface area contributed by atoms with Crippen molar-refractivity contribution in [2.24, 2.45) is 0 Å². The van der Waals surface area contributed by atoms with Gasteiger partial charge >= 0.3 is 0 Å². The van der Waals surface area contributed by atoms with Crippen LogP contribution in [0.3, 0.4) is 0 Å². The van der Waals surface area contributed by atoms with Crippen LogP contribution in [-0.4, -0.2) is 27.7 Å². The Morgan fingerprint density at radius 3 is 2.86 bits per heavy atom. The minimum atomic E-state index is -0.303. The molecule has 0 spiro atoms. The zero-order valence-electron chi connectivity index (χ0n) is 8.49. The lowest BCUT2D eigenvalue weighted by Gasteiger charge is -2.07. The van der Waals surface area contributed by atoms with Crippen LogP contribution in [0, 0.1) is 6.92 Å². The van der Waals surface area contributed by atoms with Crippen LogP contribution in [0.5, 0.6) is 0 Å². The quantitative estimate of drug-likeness (QED) is 0.655. The van der Waals surface area contributed by atoms with Gasteiger partial charge in [-0.05, 0) is 20.3 Å². The van der Waals surface area contributed by atoms with E-state index in [4.69, 9.17) is 10.8 Å². The van der Waals surface area contributed by atoms with E-state index in [-0.39, 0.29) is 12.1 Å². The van der Waals surface area contributed by atoms with E-state index in [1.54, 1.807) is 6.92 Å². The lowest BCUT2D eigenvalue weighted by Crippen LogP contribution is -2.11. The van der Waals surface area contributed by atoms with Crippen LogP contribution in [0.2, 0.25) is 0 Å². The first kappa shape index (κ1) is 10.7. The van der Waals surface area contributed by atoms with E-state index in [0.29, 0.717) is 18.8 Å². The number of aryl methyl sites for hydroxylation is 1. The molecule has 1 aromatic rings. The Kier molecular flexibility index (Phi) is 3.64. The van der Waals surface area contributed by atoms with Gasteiger partial charge in [-0.3, -0.25) is 0 Å². The molecule has 5 heteroatoms. The maximum atomic E-state index is 9.04. The molecule has 1 aromatic heterocycles. The summed E-state index contributed by atoms with van der Waals surface area (Å²) in [4.78, 5) is 7.96. The molecule has 1 rings (SSSR count). The van der Waals surface area contributed by atoms with Gasteiger partial charge < -0.3 is 16.2 Å². The van der Waals surface area contributed by atoms with Crippen LogP contribution in [0.1, 0.15) is 19.0 Å². The van der Waals surface area contributed by atoms with E-state index in [1.165, 1.54) is 0 Å². The van der Waals surface area contributed by atoms with Crippen LogP contribution in [0.15, 0.2) is 6.07 Å². The average molecular weight is 196 g/mol. The van der Waals surface area contributed by atoms with Crippen molar-refractivity contribution in [2.75, 3.05) is 17.6 Å². The molecule has 0 fully saturated rings. The first-order valence-electron chi connectivity index (χ1n) is 4.61. The van der Waals surface area contributed by atoms with Crippen LogP contribution >= 0.6 is 0 Å². The van der Waals surface area contributed by atoms with Crippen LogP contribution in [-0.2, 0) is 0 Å². The summed E-state index contributed by atoms with van der Waals surface area (Å²) in [5, 5.41) is 12.1. The molecule has 0 aliphatic rings. The molecule has 0 amide bonds. The van der Waals surface area contributed by atoms with E-state index in [1.807, 2.05) is 13.0 Å². The third kappa shape index (κ3) is 3.57. The highest BCUT2D eigenvalue weighted by Gasteiger charge is 1.99. The first-order chi connectivity index (χ1) is 6.58. The van der Waals surface area contributed by atoms with Gasteiger partial charge in [0.2, 0.25) is 5.95 Å². The fourth-order valence-electron chi connectivity index (χ4n) is 1.09. The van der Waals surface area contributed by atoms with Crippen molar-refractivity contribution in [3.63, 3.8) is 0 Å². The van der Waals surface area contributed by atoms with Gasteiger partial charge in [0.1, 0.15) is 5.82 Å². The summed E-state index contributed by atoms with van der Waals surface area (Å²) in [6.07, 6.45) is 0.381. The molecule has 0 aliphatic heterocycles. The summed E-state index contributed by atoms with van der Waals surface area (Å²) < 4.78 is 0. The number of aliphatic hydroxyl groups excluding tert-OH is 1. The maximum absolute atomic E-state index is 9.04. The monoisotopic (exact) mass is 196 g/mol. The zero-order chi connectivity index (χ0) is 10.6. The summed E-state index contributed by atoms with van der Waals surface area (Å²) in [5.41, 5.74) is 6.31. The number of nitrogens with one attached hydrogen (secondary N) is 1. The molecule has 0 radical (unpaired) electrons. The second kappa shape index (κ2) is 4.76. The Balaban J connectivity index is 2.50. The molecule has 0 saturated carbocycles. The minimum absolute atomic E-state index is 0.268. The Labute approximate surface area is 83.4 Å². The van der Waals surface area contributed by atoms with Crippen molar-refractivity contribution in [2.45, 2.75) is 26.4 Å². The number of hydrogen-bond donors (Lipinski definition) is 3. The molecular weight excluding hydrogens is 180 g/mol. The van der Waals surface area contributed by atoms with Crippen LogP contribution < -0.4 is 11.1 Å². The summed E-state index contributed by atoms with van der Waals surface area (Å²) in [6, 6.07) is 1.82. The van der Waals surface area contributed by atoms with E-state index in [0.717, 1.165) is 5.69 Å². The maximum Gasteiger partial charge on any atom is 0.222 e. The fraction of sp³-hybridized carbons (Fsp3) is 0.556. The summed E-state index contributed by atoms with van der Waals surface area (Å²) in [6.45, 7) is 4.28. The number of hydrogen-bond acceptors (Lipinski definition) is 5. The van der Waals surface area contributed by atoms with Gasteiger partial charge in [-0.2, -0.15) is 4.98 Å². The second-order valence-corrected chi connectivity index (χ2v) is 3.32.